The second-order valence-electron chi connectivity index (χ2n) is 7.39. The summed E-state index contributed by atoms with van der Waals surface area (Å²) in [5.41, 5.74) is 4.32. The number of carbonyl (C=O) groups excluding carboxylic acids is 1. The van der Waals surface area contributed by atoms with Crippen LogP contribution in [0.3, 0.4) is 0 Å². The molecule has 6 heteroatoms. The SMILES string of the molecule is CCOc1cc2occ(-c3ccccc3OC)c2cc1/C(C)=C/C(=O)N1CCOCC1. The van der Waals surface area contributed by atoms with E-state index in [1.54, 1.807) is 19.4 Å². The minimum atomic E-state index is -0.0134. The number of carbonyl (C=O) groups is 1. The van der Waals surface area contributed by atoms with Crippen molar-refractivity contribution >= 4 is 22.4 Å². The molecule has 2 aromatic carbocycles. The van der Waals surface area contributed by atoms with E-state index in [0.717, 1.165) is 39.0 Å². The number of methoxy groups -OCH3 is 1. The summed E-state index contributed by atoms with van der Waals surface area (Å²) in [5.74, 6) is 1.45. The fourth-order valence-electron chi connectivity index (χ4n) is 3.85. The maximum Gasteiger partial charge on any atom is 0.247 e. The number of allylic oxidation sites excluding steroid dienone is 1. The quantitative estimate of drug-likeness (QED) is 0.537. The fraction of sp³-hybridized carbons (Fsp3) is 0.320. The van der Waals surface area contributed by atoms with Crippen molar-refractivity contribution in [2.75, 3.05) is 40.0 Å². The molecule has 3 aromatic rings. The molecule has 31 heavy (non-hydrogen) atoms. The summed E-state index contributed by atoms with van der Waals surface area (Å²) in [5, 5.41) is 0.939. The van der Waals surface area contributed by atoms with Crippen LogP contribution in [-0.2, 0) is 9.53 Å². The van der Waals surface area contributed by atoms with Crippen LogP contribution in [0.15, 0.2) is 53.2 Å². The van der Waals surface area contributed by atoms with E-state index in [1.165, 1.54) is 0 Å². The summed E-state index contributed by atoms with van der Waals surface area (Å²) in [6.45, 7) is 6.76. The first-order chi connectivity index (χ1) is 15.1. The predicted molar refractivity (Wildman–Crippen MR) is 120 cm³/mol. The number of amides is 1. The van der Waals surface area contributed by atoms with E-state index in [4.69, 9.17) is 18.6 Å². The average Bonchev–Trinajstić information content (AvgIpc) is 3.21. The molecule has 4 rings (SSSR count). The number of morpholine rings is 1. The Labute approximate surface area is 182 Å². The van der Waals surface area contributed by atoms with Crippen LogP contribution in [0.5, 0.6) is 11.5 Å². The first kappa shape index (κ1) is 21.0. The van der Waals surface area contributed by atoms with Gasteiger partial charge in [0.25, 0.3) is 0 Å². The lowest BCUT2D eigenvalue weighted by Gasteiger charge is -2.26. The van der Waals surface area contributed by atoms with E-state index in [-0.39, 0.29) is 5.91 Å². The molecular weight excluding hydrogens is 394 g/mol. The second kappa shape index (κ2) is 9.27. The Balaban J connectivity index is 1.78. The molecule has 162 valence electrons. The summed E-state index contributed by atoms with van der Waals surface area (Å²) >= 11 is 0. The third-order valence-corrected chi connectivity index (χ3v) is 5.46. The molecule has 1 fully saturated rings. The Kier molecular flexibility index (Phi) is 6.28. The highest BCUT2D eigenvalue weighted by Gasteiger charge is 2.19. The minimum absolute atomic E-state index is 0.0134. The summed E-state index contributed by atoms with van der Waals surface area (Å²) in [6.07, 6.45) is 3.41. The third kappa shape index (κ3) is 4.30. The number of para-hydroxylation sites is 1. The van der Waals surface area contributed by atoms with Gasteiger partial charge in [-0.05, 0) is 31.6 Å². The lowest BCUT2D eigenvalue weighted by Crippen LogP contribution is -2.39. The Morgan fingerprint density at radius 3 is 2.65 bits per heavy atom. The lowest BCUT2D eigenvalue weighted by molar-refractivity contribution is -0.129. The van der Waals surface area contributed by atoms with Gasteiger partial charge in [-0.2, -0.15) is 0 Å². The minimum Gasteiger partial charge on any atom is -0.496 e. The van der Waals surface area contributed by atoms with Gasteiger partial charge in [0.15, 0.2) is 0 Å². The van der Waals surface area contributed by atoms with Crippen LogP contribution in [0.2, 0.25) is 0 Å². The molecule has 1 aromatic heterocycles. The molecule has 0 spiro atoms. The van der Waals surface area contributed by atoms with Crippen LogP contribution in [0.4, 0.5) is 0 Å². The Bertz CT molecular complexity index is 1110. The van der Waals surface area contributed by atoms with Crippen molar-refractivity contribution in [2.45, 2.75) is 13.8 Å². The van der Waals surface area contributed by atoms with Crippen LogP contribution in [0.1, 0.15) is 19.4 Å². The van der Waals surface area contributed by atoms with Gasteiger partial charge >= 0.3 is 0 Å². The number of fused-ring (bicyclic) bond motifs is 1. The maximum absolute atomic E-state index is 12.8. The summed E-state index contributed by atoms with van der Waals surface area (Å²) in [7, 11) is 1.66. The molecule has 0 bridgehead atoms. The molecule has 0 saturated carbocycles. The molecule has 1 amide bonds. The number of hydrogen-bond acceptors (Lipinski definition) is 5. The molecule has 2 heterocycles. The van der Waals surface area contributed by atoms with Gasteiger partial charge in [0.2, 0.25) is 5.91 Å². The molecule has 0 radical (unpaired) electrons. The van der Waals surface area contributed by atoms with Crippen molar-refractivity contribution in [1.29, 1.82) is 0 Å². The van der Waals surface area contributed by atoms with Crippen LogP contribution in [0, 0.1) is 0 Å². The van der Waals surface area contributed by atoms with Gasteiger partial charge in [0, 0.05) is 47.3 Å². The molecule has 0 unspecified atom stereocenters. The Morgan fingerprint density at radius 2 is 1.90 bits per heavy atom. The van der Waals surface area contributed by atoms with Crippen LogP contribution < -0.4 is 9.47 Å². The first-order valence-corrected chi connectivity index (χ1v) is 10.5. The van der Waals surface area contributed by atoms with Crippen molar-refractivity contribution in [2.24, 2.45) is 0 Å². The van der Waals surface area contributed by atoms with Crippen molar-refractivity contribution in [3.05, 3.63) is 54.3 Å². The van der Waals surface area contributed by atoms with E-state index in [2.05, 4.69) is 0 Å². The van der Waals surface area contributed by atoms with Crippen molar-refractivity contribution in [3.63, 3.8) is 0 Å². The fourth-order valence-corrected chi connectivity index (χ4v) is 3.85. The molecule has 1 aliphatic rings. The van der Waals surface area contributed by atoms with Crippen LogP contribution in [0.25, 0.3) is 27.7 Å². The van der Waals surface area contributed by atoms with E-state index in [9.17, 15) is 4.79 Å². The largest absolute Gasteiger partial charge is 0.496 e. The highest BCUT2D eigenvalue weighted by atomic mass is 16.5. The smallest absolute Gasteiger partial charge is 0.247 e. The van der Waals surface area contributed by atoms with E-state index >= 15 is 0 Å². The number of ether oxygens (including phenoxy) is 3. The molecule has 0 aliphatic carbocycles. The zero-order chi connectivity index (χ0) is 21.8. The number of rotatable bonds is 6. The Hall–Kier alpha value is -3.25. The lowest BCUT2D eigenvalue weighted by atomic mass is 9.98. The van der Waals surface area contributed by atoms with Crippen LogP contribution >= 0.6 is 0 Å². The van der Waals surface area contributed by atoms with E-state index in [0.29, 0.717) is 38.7 Å². The number of benzene rings is 2. The monoisotopic (exact) mass is 421 g/mol. The third-order valence-electron chi connectivity index (χ3n) is 5.46. The molecule has 0 atom stereocenters. The number of hydrogen-bond donors (Lipinski definition) is 0. The van der Waals surface area contributed by atoms with Crippen molar-refractivity contribution in [1.82, 2.24) is 4.90 Å². The molecule has 0 N–H and O–H groups in total. The average molecular weight is 421 g/mol. The van der Waals surface area contributed by atoms with Gasteiger partial charge in [-0.25, -0.2) is 0 Å². The topological polar surface area (TPSA) is 61.1 Å². The molecular formula is C25H27NO5. The highest BCUT2D eigenvalue weighted by molar-refractivity contribution is 6.01. The van der Waals surface area contributed by atoms with Gasteiger partial charge in [0.05, 0.1) is 33.2 Å². The van der Waals surface area contributed by atoms with Gasteiger partial charge in [-0.1, -0.05) is 18.2 Å². The molecule has 6 nitrogen and oxygen atoms in total. The summed E-state index contributed by atoms with van der Waals surface area (Å²) < 4.78 is 22.6. The number of furan rings is 1. The van der Waals surface area contributed by atoms with Gasteiger partial charge in [0.1, 0.15) is 17.1 Å². The normalized spacial score (nSPS) is 14.7. The summed E-state index contributed by atoms with van der Waals surface area (Å²) in [4.78, 5) is 14.6. The standard InChI is InChI=1S/C25H27NO5/c1-4-30-23-15-24-20(21(16-31-24)18-7-5-6-8-22(18)28-3)14-19(23)17(2)13-25(27)26-9-11-29-12-10-26/h5-8,13-16H,4,9-12H2,1-3H3/b17-13+. The maximum atomic E-state index is 12.8. The zero-order valence-corrected chi connectivity index (χ0v) is 18.1. The predicted octanol–water partition coefficient (Wildman–Crippen LogP) is 4.77. The second-order valence-corrected chi connectivity index (χ2v) is 7.39. The van der Waals surface area contributed by atoms with Crippen molar-refractivity contribution < 1.29 is 23.4 Å². The number of nitrogens with zero attached hydrogens (tertiary/aromatic N) is 1. The van der Waals surface area contributed by atoms with Gasteiger partial charge in [-0.15, -0.1) is 0 Å². The van der Waals surface area contributed by atoms with Gasteiger partial charge < -0.3 is 23.5 Å². The Morgan fingerprint density at radius 1 is 1.13 bits per heavy atom. The first-order valence-electron chi connectivity index (χ1n) is 10.5. The van der Waals surface area contributed by atoms with Gasteiger partial charge in [-0.3, -0.25) is 4.79 Å². The highest BCUT2D eigenvalue weighted by Crippen LogP contribution is 2.40. The zero-order valence-electron chi connectivity index (χ0n) is 18.1. The van der Waals surface area contributed by atoms with E-state index < -0.39 is 0 Å². The van der Waals surface area contributed by atoms with Crippen molar-refractivity contribution in [3.8, 4) is 22.6 Å². The van der Waals surface area contributed by atoms with E-state index in [1.807, 2.05) is 55.1 Å². The van der Waals surface area contributed by atoms with Crippen LogP contribution in [-0.4, -0.2) is 50.8 Å². The molecule has 1 saturated heterocycles. The summed E-state index contributed by atoms with van der Waals surface area (Å²) in [6, 6.07) is 11.8. The molecule has 1 aliphatic heterocycles.